The van der Waals surface area contributed by atoms with Crippen LogP contribution in [-0.2, 0) is 9.84 Å². The Hall–Kier alpha value is -1.76. The van der Waals surface area contributed by atoms with E-state index in [1.165, 1.54) is 0 Å². The molecule has 0 aliphatic carbocycles. The van der Waals surface area contributed by atoms with Crippen LogP contribution in [0.5, 0.6) is 0 Å². The Balaban J connectivity index is 2.01. The summed E-state index contributed by atoms with van der Waals surface area (Å²) >= 11 is 0. The van der Waals surface area contributed by atoms with Crippen LogP contribution in [0.4, 0.5) is 16.2 Å². The highest BCUT2D eigenvalue weighted by molar-refractivity contribution is 7.91. The van der Waals surface area contributed by atoms with Crippen molar-refractivity contribution >= 4 is 27.2 Å². The van der Waals surface area contributed by atoms with Gasteiger partial charge in [-0.2, -0.15) is 0 Å². The van der Waals surface area contributed by atoms with E-state index in [0.717, 1.165) is 5.69 Å². The Morgan fingerprint density at radius 2 is 2.05 bits per heavy atom. The van der Waals surface area contributed by atoms with Crippen LogP contribution in [0.1, 0.15) is 13.3 Å². The van der Waals surface area contributed by atoms with E-state index in [-0.39, 0.29) is 17.5 Å². The first-order valence-electron chi connectivity index (χ1n) is 6.76. The number of rotatable bonds is 3. The van der Waals surface area contributed by atoms with Crippen LogP contribution < -0.4 is 15.5 Å². The quantitative estimate of drug-likeness (QED) is 0.885. The monoisotopic (exact) mass is 311 g/mol. The predicted octanol–water partition coefficient (Wildman–Crippen LogP) is 1.45. The number of carbonyl (C=O) groups excluding carboxylic acids is 1. The summed E-state index contributed by atoms with van der Waals surface area (Å²) in [6, 6.07) is 7.05. The van der Waals surface area contributed by atoms with E-state index in [2.05, 4.69) is 10.6 Å². The molecule has 1 aliphatic heterocycles. The van der Waals surface area contributed by atoms with Crippen LogP contribution in [-0.4, -0.2) is 45.6 Å². The third kappa shape index (κ3) is 4.10. The maximum Gasteiger partial charge on any atom is 0.319 e. The average molecular weight is 311 g/mol. The molecule has 1 aromatic rings. The fourth-order valence-corrected chi connectivity index (χ4v) is 4.50. The molecule has 6 nitrogen and oxygen atoms in total. The molecule has 1 aromatic carbocycles. The molecular formula is C14H21N3O3S. The van der Waals surface area contributed by atoms with E-state index >= 15 is 0 Å². The van der Waals surface area contributed by atoms with Gasteiger partial charge in [0, 0.05) is 25.5 Å². The Labute approximate surface area is 125 Å². The maximum absolute atomic E-state index is 12.0. The van der Waals surface area contributed by atoms with Gasteiger partial charge in [-0.25, -0.2) is 13.2 Å². The van der Waals surface area contributed by atoms with Crippen molar-refractivity contribution in [3.63, 3.8) is 0 Å². The minimum atomic E-state index is -3.04. The van der Waals surface area contributed by atoms with E-state index in [1.807, 2.05) is 37.2 Å². The van der Waals surface area contributed by atoms with Crippen molar-refractivity contribution in [1.29, 1.82) is 0 Å². The molecule has 0 unspecified atom stereocenters. The summed E-state index contributed by atoms with van der Waals surface area (Å²) in [4.78, 5) is 14.0. The summed E-state index contributed by atoms with van der Waals surface area (Å²) in [5.74, 6) is 0.116. The number of urea groups is 1. The molecule has 21 heavy (non-hydrogen) atoms. The Morgan fingerprint density at radius 3 is 2.62 bits per heavy atom. The normalized spacial score (nSPS) is 23.6. The zero-order chi connectivity index (χ0) is 15.7. The van der Waals surface area contributed by atoms with Gasteiger partial charge in [0.05, 0.1) is 17.0 Å². The molecule has 0 aromatic heterocycles. The van der Waals surface area contributed by atoms with Gasteiger partial charge >= 0.3 is 6.03 Å². The number of nitrogens with one attached hydrogen (secondary N) is 2. The van der Waals surface area contributed by atoms with Crippen molar-refractivity contribution in [3.8, 4) is 0 Å². The number of amides is 2. The highest BCUT2D eigenvalue weighted by Gasteiger charge is 2.39. The molecule has 2 rings (SSSR count). The summed E-state index contributed by atoms with van der Waals surface area (Å²) in [6.07, 6.45) is 0.445. The highest BCUT2D eigenvalue weighted by atomic mass is 32.2. The number of sulfone groups is 1. The van der Waals surface area contributed by atoms with Crippen LogP contribution >= 0.6 is 0 Å². The summed E-state index contributed by atoms with van der Waals surface area (Å²) in [5.41, 5.74) is 0.952. The summed E-state index contributed by atoms with van der Waals surface area (Å²) < 4.78 is 23.1. The van der Waals surface area contributed by atoms with E-state index in [0.29, 0.717) is 12.1 Å². The van der Waals surface area contributed by atoms with Gasteiger partial charge in [-0.3, -0.25) is 0 Å². The molecule has 1 fully saturated rings. The van der Waals surface area contributed by atoms with Crippen molar-refractivity contribution in [2.24, 2.45) is 0 Å². The highest BCUT2D eigenvalue weighted by Crippen LogP contribution is 2.23. The van der Waals surface area contributed by atoms with E-state index < -0.39 is 15.4 Å². The van der Waals surface area contributed by atoms with Gasteiger partial charge < -0.3 is 15.5 Å². The zero-order valence-corrected chi connectivity index (χ0v) is 13.3. The molecule has 1 saturated heterocycles. The first-order valence-corrected chi connectivity index (χ1v) is 8.58. The smallest absolute Gasteiger partial charge is 0.319 e. The number of carbonyl (C=O) groups is 1. The molecule has 0 saturated carbocycles. The fraction of sp³-hybridized carbons (Fsp3) is 0.500. The summed E-state index contributed by atoms with van der Waals surface area (Å²) in [5, 5.41) is 5.51. The third-order valence-electron chi connectivity index (χ3n) is 3.54. The largest absolute Gasteiger partial charge is 0.378 e. The second-order valence-corrected chi connectivity index (χ2v) is 8.11. The van der Waals surface area contributed by atoms with Gasteiger partial charge in [-0.1, -0.05) is 6.07 Å². The molecule has 0 spiro atoms. The fourth-order valence-electron chi connectivity index (χ4n) is 2.41. The molecular weight excluding hydrogens is 290 g/mol. The molecule has 2 amide bonds. The van der Waals surface area contributed by atoms with Crippen LogP contribution in [0, 0.1) is 0 Å². The van der Waals surface area contributed by atoms with Gasteiger partial charge in [0.1, 0.15) is 0 Å². The van der Waals surface area contributed by atoms with Crippen molar-refractivity contribution < 1.29 is 13.2 Å². The molecule has 1 heterocycles. The minimum Gasteiger partial charge on any atom is -0.378 e. The SMILES string of the molecule is CN(C)c1cccc(NC(=O)N[C@@]2(C)CCS(=O)(=O)C2)c1. The second kappa shape index (κ2) is 5.55. The topological polar surface area (TPSA) is 78.5 Å². The molecule has 1 aliphatic rings. The Morgan fingerprint density at radius 1 is 1.33 bits per heavy atom. The third-order valence-corrected chi connectivity index (χ3v) is 5.44. The van der Waals surface area contributed by atoms with Crippen molar-refractivity contribution in [1.82, 2.24) is 5.32 Å². The number of hydrogen-bond acceptors (Lipinski definition) is 4. The Kier molecular flexibility index (Phi) is 4.13. The first-order chi connectivity index (χ1) is 9.69. The Bertz CT molecular complexity index is 643. The van der Waals surface area contributed by atoms with E-state index in [9.17, 15) is 13.2 Å². The van der Waals surface area contributed by atoms with Crippen LogP contribution in [0.3, 0.4) is 0 Å². The molecule has 7 heteroatoms. The van der Waals surface area contributed by atoms with Crippen molar-refractivity contribution in [3.05, 3.63) is 24.3 Å². The lowest BCUT2D eigenvalue weighted by Gasteiger charge is -2.24. The van der Waals surface area contributed by atoms with Gasteiger partial charge in [0.25, 0.3) is 0 Å². The van der Waals surface area contributed by atoms with Gasteiger partial charge in [0.2, 0.25) is 0 Å². The van der Waals surface area contributed by atoms with Crippen LogP contribution in [0.15, 0.2) is 24.3 Å². The molecule has 0 bridgehead atoms. The van der Waals surface area contributed by atoms with E-state index in [1.54, 1.807) is 13.0 Å². The lowest BCUT2D eigenvalue weighted by Crippen LogP contribution is -2.48. The molecule has 0 radical (unpaired) electrons. The second-order valence-electron chi connectivity index (χ2n) is 5.93. The summed E-state index contributed by atoms with van der Waals surface area (Å²) in [7, 11) is 0.801. The number of anilines is 2. The summed E-state index contributed by atoms with van der Waals surface area (Å²) in [6.45, 7) is 1.76. The molecule has 116 valence electrons. The lowest BCUT2D eigenvalue weighted by molar-refractivity contribution is 0.242. The van der Waals surface area contributed by atoms with Gasteiger partial charge in [-0.05, 0) is 31.5 Å². The lowest BCUT2D eigenvalue weighted by atomic mass is 10.0. The van der Waals surface area contributed by atoms with Crippen LogP contribution in [0.25, 0.3) is 0 Å². The van der Waals surface area contributed by atoms with E-state index in [4.69, 9.17) is 0 Å². The predicted molar refractivity (Wildman–Crippen MR) is 84.6 cm³/mol. The number of hydrogen-bond donors (Lipinski definition) is 2. The maximum atomic E-state index is 12.0. The van der Waals surface area contributed by atoms with Crippen LogP contribution in [0.2, 0.25) is 0 Å². The standard InChI is InChI=1S/C14H21N3O3S/c1-14(7-8-21(19,20)10-14)16-13(18)15-11-5-4-6-12(9-11)17(2)3/h4-6,9H,7-8,10H2,1-3H3,(H2,15,16,18)/t14-/m0/s1. The number of nitrogens with zero attached hydrogens (tertiary/aromatic N) is 1. The first kappa shape index (κ1) is 15.6. The van der Waals surface area contributed by atoms with Gasteiger partial charge in [-0.15, -0.1) is 0 Å². The minimum absolute atomic E-state index is 0.00877. The number of benzene rings is 1. The average Bonchev–Trinajstić information content (AvgIpc) is 2.63. The van der Waals surface area contributed by atoms with Crippen molar-refractivity contribution in [2.75, 3.05) is 35.8 Å². The van der Waals surface area contributed by atoms with Gasteiger partial charge in [0.15, 0.2) is 9.84 Å². The van der Waals surface area contributed by atoms with Crippen molar-refractivity contribution in [2.45, 2.75) is 18.9 Å². The zero-order valence-electron chi connectivity index (χ0n) is 12.5. The molecule has 1 atom stereocenters. The molecule has 2 N–H and O–H groups in total.